The quantitative estimate of drug-likeness (QED) is 0.479. The molecule has 32 heavy (non-hydrogen) atoms. The maximum atomic E-state index is 12.9. The number of ether oxygens (including phenoxy) is 1. The number of carboxylic acid groups (broad SMARTS) is 1. The average molecular weight is 437 g/mol. The second kappa shape index (κ2) is 10.4. The second-order valence-electron chi connectivity index (χ2n) is 8.58. The van der Waals surface area contributed by atoms with Crippen molar-refractivity contribution >= 4 is 5.97 Å². The van der Waals surface area contributed by atoms with Crippen molar-refractivity contribution in [1.82, 2.24) is 9.13 Å². The zero-order valence-electron chi connectivity index (χ0n) is 19.1. The minimum absolute atomic E-state index is 0.0493. The molecule has 0 aliphatic rings. The Kier molecular flexibility index (Phi) is 7.57. The molecule has 0 bridgehead atoms. The molecule has 0 spiro atoms. The molecule has 0 fully saturated rings. The first-order chi connectivity index (χ1) is 15.3. The summed E-state index contributed by atoms with van der Waals surface area (Å²) in [6.45, 7) is 6.45. The molecule has 0 aliphatic heterocycles. The van der Waals surface area contributed by atoms with E-state index in [1.165, 1.54) is 13.8 Å². The van der Waals surface area contributed by atoms with Crippen molar-refractivity contribution in [2.75, 3.05) is 0 Å². The number of rotatable bonds is 11. The molecule has 0 saturated heterocycles. The number of hydrogen-bond acceptors (Lipinski definition) is 3. The molecule has 6 heteroatoms. The fourth-order valence-electron chi connectivity index (χ4n) is 3.67. The lowest BCUT2D eigenvalue weighted by Gasteiger charge is -2.21. The molecule has 3 rings (SSSR count). The maximum Gasteiger partial charge on any atom is 0.347 e. The Balaban J connectivity index is 1.63. The van der Waals surface area contributed by atoms with Crippen LogP contribution in [0, 0.1) is 0 Å². The maximum absolute atomic E-state index is 12.9. The van der Waals surface area contributed by atoms with Gasteiger partial charge in [-0.05, 0) is 62.8 Å². The van der Waals surface area contributed by atoms with Crippen LogP contribution in [0.4, 0.5) is 0 Å². The van der Waals surface area contributed by atoms with Crippen LogP contribution in [0.2, 0.25) is 0 Å². The standard InChI is InChI=1S/C26H32N2O4/c1-4-17-28-22(19-27(25(28)31)18-21-9-6-5-7-10-21)12-8-11-20-13-15-23(16-14-20)32-26(2,3)24(29)30/h5-7,9-10,13-16,19H,4,8,11-12,17-18H2,1-3H3,(H,29,30). The molecule has 0 atom stereocenters. The largest absolute Gasteiger partial charge is 0.478 e. The van der Waals surface area contributed by atoms with E-state index in [0.717, 1.165) is 49.0 Å². The van der Waals surface area contributed by atoms with Crippen LogP contribution in [0.1, 0.15) is 50.4 Å². The topological polar surface area (TPSA) is 73.5 Å². The highest BCUT2D eigenvalue weighted by atomic mass is 16.5. The summed E-state index contributed by atoms with van der Waals surface area (Å²) in [5, 5.41) is 9.19. The zero-order chi connectivity index (χ0) is 23.1. The van der Waals surface area contributed by atoms with Crippen LogP contribution < -0.4 is 10.4 Å². The second-order valence-corrected chi connectivity index (χ2v) is 8.58. The van der Waals surface area contributed by atoms with E-state index >= 15 is 0 Å². The number of carbonyl (C=O) groups is 1. The van der Waals surface area contributed by atoms with Crippen LogP contribution in [0.25, 0.3) is 0 Å². The van der Waals surface area contributed by atoms with Crippen molar-refractivity contribution in [1.29, 1.82) is 0 Å². The van der Waals surface area contributed by atoms with Crippen molar-refractivity contribution in [2.24, 2.45) is 0 Å². The Morgan fingerprint density at radius 3 is 2.31 bits per heavy atom. The fourth-order valence-corrected chi connectivity index (χ4v) is 3.67. The van der Waals surface area contributed by atoms with Crippen LogP contribution in [0.5, 0.6) is 5.75 Å². The Labute approximate surface area is 189 Å². The van der Waals surface area contributed by atoms with E-state index in [2.05, 4.69) is 6.92 Å². The Bertz CT molecular complexity index is 1080. The Hall–Kier alpha value is -3.28. The number of imidazole rings is 1. The monoisotopic (exact) mass is 436 g/mol. The molecule has 6 nitrogen and oxygen atoms in total. The first-order valence-electron chi connectivity index (χ1n) is 11.1. The van der Waals surface area contributed by atoms with Crippen LogP contribution in [-0.2, 0) is 30.7 Å². The van der Waals surface area contributed by atoms with Gasteiger partial charge in [-0.1, -0.05) is 49.4 Å². The molecule has 0 saturated carbocycles. The molecular weight excluding hydrogens is 404 g/mol. The van der Waals surface area contributed by atoms with Crippen LogP contribution in [-0.4, -0.2) is 25.8 Å². The highest BCUT2D eigenvalue weighted by molar-refractivity contribution is 5.76. The minimum Gasteiger partial charge on any atom is -0.478 e. The van der Waals surface area contributed by atoms with Gasteiger partial charge in [-0.3, -0.25) is 9.13 Å². The van der Waals surface area contributed by atoms with E-state index in [9.17, 15) is 14.7 Å². The normalized spacial score (nSPS) is 11.5. The molecular formula is C26H32N2O4. The van der Waals surface area contributed by atoms with E-state index in [1.54, 1.807) is 4.57 Å². The van der Waals surface area contributed by atoms with Gasteiger partial charge >= 0.3 is 11.7 Å². The number of carboxylic acids is 1. The number of nitrogens with zero attached hydrogens (tertiary/aromatic N) is 2. The van der Waals surface area contributed by atoms with Crippen molar-refractivity contribution in [2.45, 2.75) is 65.1 Å². The molecule has 2 aromatic carbocycles. The van der Waals surface area contributed by atoms with Gasteiger partial charge in [0, 0.05) is 18.4 Å². The number of benzene rings is 2. The summed E-state index contributed by atoms with van der Waals surface area (Å²) in [5.74, 6) is -0.463. The third-order valence-corrected chi connectivity index (χ3v) is 5.48. The highest BCUT2D eigenvalue weighted by Crippen LogP contribution is 2.20. The number of hydrogen-bond donors (Lipinski definition) is 1. The fraction of sp³-hybridized carbons (Fsp3) is 0.385. The molecule has 0 aliphatic carbocycles. The van der Waals surface area contributed by atoms with Gasteiger partial charge in [-0.2, -0.15) is 0 Å². The number of aryl methyl sites for hydroxylation is 2. The number of aliphatic carboxylic acids is 1. The lowest BCUT2D eigenvalue weighted by atomic mass is 10.1. The van der Waals surface area contributed by atoms with Gasteiger partial charge in [0.2, 0.25) is 0 Å². The summed E-state index contributed by atoms with van der Waals surface area (Å²) in [6, 6.07) is 17.6. The van der Waals surface area contributed by atoms with E-state index < -0.39 is 11.6 Å². The van der Waals surface area contributed by atoms with E-state index in [-0.39, 0.29) is 5.69 Å². The summed E-state index contributed by atoms with van der Waals surface area (Å²) in [5.41, 5.74) is 2.11. The molecule has 1 N–H and O–H groups in total. The first kappa shape index (κ1) is 23.4. The van der Waals surface area contributed by atoms with Crippen molar-refractivity contribution in [3.63, 3.8) is 0 Å². The first-order valence-corrected chi connectivity index (χ1v) is 11.1. The average Bonchev–Trinajstić information content (AvgIpc) is 3.05. The Morgan fingerprint density at radius 2 is 1.69 bits per heavy atom. The minimum atomic E-state index is -1.27. The summed E-state index contributed by atoms with van der Waals surface area (Å²) in [6.07, 6.45) is 5.51. The summed E-state index contributed by atoms with van der Waals surface area (Å²) >= 11 is 0. The van der Waals surface area contributed by atoms with Gasteiger partial charge < -0.3 is 9.84 Å². The predicted octanol–water partition coefficient (Wildman–Crippen LogP) is 4.53. The zero-order valence-corrected chi connectivity index (χ0v) is 19.1. The number of aromatic nitrogens is 2. The molecule has 0 radical (unpaired) electrons. The molecule has 0 amide bonds. The van der Waals surface area contributed by atoms with Crippen LogP contribution in [0.3, 0.4) is 0 Å². The van der Waals surface area contributed by atoms with Gasteiger partial charge in [-0.15, -0.1) is 0 Å². The van der Waals surface area contributed by atoms with Gasteiger partial charge in [-0.25, -0.2) is 9.59 Å². The molecule has 1 aromatic heterocycles. The third-order valence-electron chi connectivity index (χ3n) is 5.48. The predicted molar refractivity (Wildman–Crippen MR) is 125 cm³/mol. The molecule has 0 unspecified atom stereocenters. The van der Waals surface area contributed by atoms with Crippen molar-refractivity contribution < 1.29 is 14.6 Å². The molecule has 1 heterocycles. The van der Waals surface area contributed by atoms with Crippen LogP contribution in [0.15, 0.2) is 65.6 Å². The third kappa shape index (κ3) is 5.90. The Morgan fingerprint density at radius 1 is 1.00 bits per heavy atom. The van der Waals surface area contributed by atoms with Crippen molar-refractivity contribution in [3.05, 3.63) is 88.1 Å². The SMILES string of the molecule is CCCn1c(CCCc2ccc(OC(C)(C)C(=O)O)cc2)cn(Cc2ccccc2)c1=O. The van der Waals surface area contributed by atoms with Gasteiger partial charge in [0.1, 0.15) is 5.75 Å². The summed E-state index contributed by atoms with van der Waals surface area (Å²) < 4.78 is 9.26. The van der Waals surface area contributed by atoms with Gasteiger partial charge in [0.05, 0.1) is 6.54 Å². The van der Waals surface area contributed by atoms with E-state index in [0.29, 0.717) is 12.3 Å². The molecule has 170 valence electrons. The lowest BCUT2D eigenvalue weighted by Crippen LogP contribution is -2.37. The van der Waals surface area contributed by atoms with E-state index in [4.69, 9.17) is 4.74 Å². The van der Waals surface area contributed by atoms with Crippen LogP contribution >= 0.6 is 0 Å². The van der Waals surface area contributed by atoms with Gasteiger partial charge in [0.15, 0.2) is 5.60 Å². The molecule has 3 aromatic rings. The smallest absolute Gasteiger partial charge is 0.347 e. The van der Waals surface area contributed by atoms with E-state index in [1.807, 2.05) is 65.4 Å². The lowest BCUT2D eigenvalue weighted by molar-refractivity contribution is -0.152. The summed E-state index contributed by atoms with van der Waals surface area (Å²) in [7, 11) is 0. The van der Waals surface area contributed by atoms with Crippen molar-refractivity contribution in [3.8, 4) is 5.75 Å². The highest BCUT2D eigenvalue weighted by Gasteiger charge is 2.29. The summed E-state index contributed by atoms with van der Waals surface area (Å²) in [4.78, 5) is 24.1. The van der Waals surface area contributed by atoms with Gasteiger partial charge in [0.25, 0.3) is 0 Å².